The third-order valence-corrected chi connectivity index (χ3v) is 3.09. The number of carbonyl (C=O) groups excluding carboxylic acids is 1. The Bertz CT molecular complexity index is 594. The molecule has 0 amide bonds. The first kappa shape index (κ1) is 12.9. The maximum atomic E-state index is 12.4. The summed E-state index contributed by atoms with van der Waals surface area (Å²) in [7, 11) is 1.51. The van der Waals surface area contributed by atoms with E-state index in [0.717, 1.165) is 0 Å². The summed E-state index contributed by atoms with van der Waals surface area (Å²) < 4.78 is 5.16. The fourth-order valence-electron chi connectivity index (χ4n) is 1.65. The number of ketones is 1. The molecular formula is C14H10Cl2O2. The Kier molecular flexibility index (Phi) is 3.90. The molecule has 0 atom stereocenters. The van der Waals surface area contributed by atoms with E-state index in [-0.39, 0.29) is 5.78 Å². The zero-order valence-electron chi connectivity index (χ0n) is 9.61. The molecule has 0 aliphatic carbocycles. The molecule has 0 bridgehead atoms. The van der Waals surface area contributed by atoms with Gasteiger partial charge in [0.15, 0.2) is 5.78 Å². The lowest BCUT2D eigenvalue weighted by atomic mass is 10.0. The highest BCUT2D eigenvalue weighted by atomic mass is 35.5. The van der Waals surface area contributed by atoms with Gasteiger partial charge in [-0.15, -0.1) is 0 Å². The zero-order valence-corrected chi connectivity index (χ0v) is 11.1. The molecule has 0 fully saturated rings. The fraction of sp³-hybridized carbons (Fsp3) is 0.0714. The van der Waals surface area contributed by atoms with Gasteiger partial charge in [-0.2, -0.15) is 0 Å². The molecule has 2 nitrogen and oxygen atoms in total. The molecule has 92 valence electrons. The van der Waals surface area contributed by atoms with E-state index in [1.165, 1.54) is 7.11 Å². The van der Waals surface area contributed by atoms with Crippen molar-refractivity contribution >= 4 is 29.0 Å². The van der Waals surface area contributed by atoms with E-state index in [1.54, 1.807) is 42.5 Å². The van der Waals surface area contributed by atoms with Gasteiger partial charge >= 0.3 is 0 Å². The highest BCUT2D eigenvalue weighted by Gasteiger charge is 2.17. The molecule has 2 aromatic carbocycles. The molecule has 0 aliphatic heterocycles. The van der Waals surface area contributed by atoms with Crippen LogP contribution in [0.2, 0.25) is 10.0 Å². The Balaban J connectivity index is 2.52. The predicted molar refractivity (Wildman–Crippen MR) is 72.9 cm³/mol. The van der Waals surface area contributed by atoms with Crippen LogP contribution in [-0.2, 0) is 0 Å². The highest BCUT2D eigenvalue weighted by Crippen LogP contribution is 2.27. The molecule has 0 saturated carbocycles. The largest absolute Gasteiger partial charge is 0.496 e. The molecule has 2 rings (SSSR count). The second kappa shape index (κ2) is 5.42. The molecular weight excluding hydrogens is 271 g/mol. The molecule has 0 N–H and O–H groups in total. The Labute approximate surface area is 115 Å². The van der Waals surface area contributed by atoms with Crippen LogP contribution in [0.3, 0.4) is 0 Å². The van der Waals surface area contributed by atoms with Crippen molar-refractivity contribution in [3.05, 3.63) is 63.6 Å². The van der Waals surface area contributed by atoms with Gasteiger partial charge in [-0.05, 0) is 30.3 Å². The normalized spacial score (nSPS) is 10.2. The van der Waals surface area contributed by atoms with E-state index in [0.29, 0.717) is 26.9 Å². The minimum atomic E-state index is -0.208. The monoisotopic (exact) mass is 280 g/mol. The van der Waals surface area contributed by atoms with E-state index in [9.17, 15) is 4.79 Å². The number of ether oxygens (including phenoxy) is 1. The SMILES string of the molecule is COc1ccc(Cl)cc1C(=O)c1ccccc1Cl. The summed E-state index contributed by atoms with van der Waals surface area (Å²) >= 11 is 11.9. The van der Waals surface area contributed by atoms with Gasteiger partial charge < -0.3 is 4.74 Å². The van der Waals surface area contributed by atoms with Crippen LogP contribution in [-0.4, -0.2) is 12.9 Å². The first-order valence-corrected chi connectivity index (χ1v) is 6.02. The van der Waals surface area contributed by atoms with Gasteiger partial charge in [0.2, 0.25) is 0 Å². The number of benzene rings is 2. The summed E-state index contributed by atoms with van der Waals surface area (Å²) in [6.07, 6.45) is 0. The van der Waals surface area contributed by atoms with E-state index < -0.39 is 0 Å². The lowest BCUT2D eigenvalue weighted by Gasteiger charge is -2.09. The van der Waals surface area contributed by atoms with Gasteiger partial charge in [0.25, 0.3) is 0 Å². The van der Waals surface area contributed by atoms with Crippen molar-refractivity contribution in [1.29, 1.82) is 0 Å². The van der Waals surface area contributed by atoms with Crippen LogP contribution in [0.4, 0.5) is 0 Å². The third kappa shape index (κ3) is 2.50. The van der Waals surface area contributed by atoms with Crippen LogP contribution in [0.5, 0.6) is 5.75 Å². The minimum absolute atomic E-state index is 0.208. The van der Waals surface area contributed by atoms with Crippen LogP contribution in [0.15, 0.2) is 42.5 Å². The second-order valence-corrected chi connectivity index (χ2v) is 4.50. The van der Waals surface area contributed by atoms with E-state index >= 15 is 0 Å². The van der Waals surface area contributed by atoms with E-state index in [2.05, 4.69) is 0 Å². The molecule has 4 heteroatoms. The molecule has 0 unspecified atom stereocenters. The molecule has 0 heterocycles. The number of methoxy groups -OCH3 is 1. The summed E-state index contributed by atoms with van der Waals surface area (Å²) in [5.41, 5.74) is 0.831. The minimum Gasteiger partial charge on any atom is -0.496 e. The molecule has 0 spiro atoms. The lowest BCUT2D eigenvalue weighted by molar-refractivity contribution is 0.103. The molecule has 0 aromatic heterocycles. The van der Waals surface area contributed by atoms with Crippen molar-refractivity contribution in [2.45, 2.75) is 0 Å². The molecule has 0 saturated heterocycles. The van der Waals surface area contributed by atoms with Crippen LogP contribution in [0, 0.1) is 0 Å². The number of rotatable bonds is 3. The van der Waals surface area contributed by atoms with Crippen molar-refractivity contribution in [1.82, 2.24) is 0 Å². The number of halogens is 2. The zero-order chi connectivity index (χ0) is 13.1. The average Bonchev–Trinajstić information content (AvgIpc) is 2.38. The topological polar surface area (TPSA) is 26.3 Å². The van der Waals surface area contributed by atoms with Gasteiger partial charge in [-0.25, -0.2) is 0 Å². The predicted octanol–water partition coefficient (Wildman–Crippen LogP) is 4.23. The van der Waals surface area contributed by atoms with Crippen LogP contribution >= 0.6 is 23.2 Å². The summed E-state index contributed by atoms with van der Waals surface area (Å²) in [6, 6.07) is 11.8. The van der Waals surface area contributed by atoms with Crippen molar-refractivity contribution < 1.29 is 9.53 Å². The Morgan fingerprint density at radius 1 is 1.06 bits per heavy atom. The van der Waals surface area contributed by atoms with Gasteiger partial charge in [-0.3, -0.25) is 4.79 Å². The smallest absolute Gasteiger partial charge is 0.198 e. The Morgan fingerprint density at radius 3 is 2.44 bits per heavy atom. The Morgan fingerprint density at radius 2 is 1.78 bits per heavy atom. The standard InChI is InChI=1S/C14H10Cl2O2/c1-18-13-7-6-9(15)8-11(13)14(17)10-4-2-3-5-12(10)16/h2-8H,1H3. The summed E-state index contributed by atoms with van der Waals surface area (Å²) in [5, 5.41) is 0.885. The first-order chi connectivity index (χ1) is 8.63. The fourth-order valence-corrected chi connectivity index (χ4v) is 2.04. The van der Waals surface area contributed by atoms with E-state index in [1.807, 2.05) is 0 Å². The van der Waals surface area contributed by atoms with Gasteiger partial charge in [0.1, 0.15) is 5.75 Å². The lowest BCUT2D eigenvalue weighted by Crippen LogP contribution is -2.04. The van der Waals surface area contributed by atoms with Gasteiger partial charge in [0.05, 0.1) is 17.7 Å². The average molecular weight is 281 g/mol. The van der Waals surface area contributed by atoms with Crippen LogP contribution < -0.4 is 4.74 Å². The van der Waals surface area contributed by atoms with Crippen molar-refractivity contribution in [3.8, 4) is 5.75 Å². The highest BCUT2D eigenvalue weighted by molar-refractivity contribution is 6.35. The number of hydrogen-bond donors (Lipinski definition) is 0. The summed E-state index contributed by atoms with van der Waals surface area (Å²) in [5.74, 6) is 0.268. The maximum absolute atomic E-state index is 12.4. The second-order valence-electron chi connectivity index (χ2n) is 3.65. The number of carbonyl (C=O) groups is 1. The summed E-state index contributed by atoms with van der Waals surface area (Å²) in [6.45, 7) is 0. The van der Waals surface area contributed by atoms with Crippen LogP contribution in [0.1, 0.15) is 15.9 Å². The van der Waals surface area contributed by atoms with Crippen molar-refractivity contribution in [2.24, 2.45) is 0 Å². The van der Waals surface area contributed by atoms with E-state index in [4.69, 9.17) is 27.9 Å². The van der Waals surface area contributed by atoms with Crippen molar-refractivity contribution in [3.63, 3.8) is 0 Å². The van der Waals surface area contributed by atoms with Crippen LogP contribution in [0.25, 0.3) is 0 Å². The van der Waals surface area contributed by atoms with Crippen molar-refractivity contribution in [2.75, 3.05) is 7.11 Å². The third-order valence-electron chi connectivity index (χ3n) is 2.52. The maximum Gasteiger partial charge on any atom is 0.198 e. The first-order valence-electron chi connectivity index (χ1n) is 5.26. The summed E-state index contributed by atoms with van der Waals surface area (Å²) in [4.78, 5) is 12.4. The quantitative estimate of drug-likeness (QED) is 0.787. The number of hydrogen-bond acceptors (Lipinski definition) is 2. The molecule has 2 aromatic rings. The Hall–Kier alpha value is -1.51. The van der Waals surface area contributed by atoms with Gasteiger partial charge in [0, 0.05) is 10.6 Å². The molecule has 18 heavy (non-hydrogen) atoms. The molecule has 0 aliphatic rings. The van der Waals surface area contributed by atoms with Gasteiger partial charge in [-0.1, -0.05) is 35.3 Å². The molecule has 0 radical (unpaired) electrons.